The molecule has 0 unspecified atom stereocenters. The van der Waals surface area contributed by atoms with Crippen molar-refractivity contribution in [1.29, 1.82) is 0 Å². The van der Waals surface area contributed by atoms with Crippen molar-refractivity contribution in [3.05, 3.63) is 61.4 Å². The van der Waals surface area contributed by atoms with Gasteiger partial charge in [-0.25, -0.2) is 4.39 Å². The largest absolute Gasteiger partial charge is 0.321 e. The molecule has 2 rings (SSSR count). The van der Waals surface area contributed by atoms with E-state index in [1.165, 1.54) is 18.2 Å². The van der Waals surface area contributed by atoms with Crippen molar-refractivity contribution in [1.82, 2.24) is 0 Å². The first-order valence-corrected chi connectivity index (χ1v) is 7.03. The summed E-state index contributed by atoms with van der Waals surface area (Å²) < 4.78 is 14.6. The first-order valence-electron chi connectivity index (χ1n) is 5.19. The Morgan fingerprint density at radius 1 is 1.16 bits per heavy atom. The van der Waals surface area contributed by atoms with Crippen LogP contribution in [0.3, 0.4) is 0 Å². The van der Waals surface area contributed by atoms with Crippen molar-refractivity contribution in [2.45, 2.75) is 0 Å². The molecule has 0 aliphatic carbocycles. The summed E-state index contributed by atoms with van der Waals surface area (Å²) in [4.78, 5) is 12.0. The first kappa shape index (κ1) is 14.6. The summed E-state index contributed by atoms with van der Waals surface area (Å²) in [5.74, 6) is -1.34. The lowest BCUT2D eigenvalue weighted by Crippen LogP contribution is -2.14. The molecule has 0 aliphatic rings. The summed E-state index contributed by atoms with van der Waals surface area (Å²) in [7, 11) is 0. The number of anilines is 1. The van der Waals surface area contributed by atoms with E-state index in [0.29, 0.717) is 10.7 Å². The van der Waals surface area contributed by atoms with Gasteiger partial charge in [0, 0.05) is 3.57 Å². The Labute approximate surface area is 133 Å². The summed E-state index contributed by atoms with van der Waals surface area (Å²) in [5.41, 5.74) is 0.306. The maximum atomic E-state index is 13.7. The van der Waals surface area contributed by atoms with Crippen LogP contribution in [0.4, 0.5) is 10.1 Å². The van der Waals surface area contributed by atoms with Crippen LogP contribution in [0.2, 0.25) is 10.0 Å². The molecule has 0 fully saturated rings. The van der Waals surface area contributed by atoms with E-state index in [-0.39, 0.29) is 10.6 Å². The van der Waals surface area contributed by atoms with E-state index in [9.17, 15) is 9.18 Å². The molecule has 0 saturated heterocycles. The molecule has 0 bridgehead atoms. The number of halogens is 4. The van der Waals surface area contributed by atoms with Crippen molar-refractivity contribution in [3.63, 3.8) is 0 Å². The summed E-state index contributed by atoms with van der Waals surface area (Å²) in [6, 6.07) is 9.41. The van der Waals surface area contributed by atoms with Gasteiger partial charge < -0.3 is 5.32 Å². The number of benzene rings is 2. The summed E-state index contributed by atoms with van der Waals surface area (Å²) >= 11 is 13.7. The topological polar surface area (TPSA) is 29.1 Å². The van der Waals surface area contributed by atoms with E-state index in [2.05, 4.69) is 27.9 Å². The van der Waals surface area contributed by atoms with E-state index in [4.69, 9.17) is 23.2 Å². The Hall–Kier alpha value is -0.850. The minimum Gasteiger partial charge on any atom is -0.321 e. The fourth-order valence-corrected chi connectivity index (χ4v) is 2.29. The highest BCUT2D eigenvalue weighted by Crippen LogP contribution is 2.25. The molecular weight excluding hydrogens is 403 g/mol. The SMILES string of the molecule is O=C(Nc1cc(I)ccc1Cl)c1cccc(Cl)c1F. The second-order valence-corrected chi connectivity index (χ2v) is 5.74. The highest BCUT2D eigenvalue weighted by atomic mass is 127. The summed E-state index contributed by atoms with van der Waals surface area (Å²) in [5, 5.41) is 2.85. The summed E-state index contributed by atoms with van der Waals surface area (Å²) in [6.07, 6.45) is 0. The lowest BCUT2D eigenvalue weighted by molar-refractivity contribution is 0.102. The second kappa shape index (κ2) is 6.07. The van der Waals surface area contributed by atoms with Gasteiger partial charge in [0.15, 0.2) is 5.82 Å². The van der Waals surface area contributed by atoms with Gasteiger partial charge in [0.25, 0.3) is 5.91 Å². The number of rotatable bonds is 2. The van der Waals surface area contributed by atoms with Crippen molar-refractivity contribution < 1.29 is 9.18 Å². The van der Waals surface area contributed by atoms with Crippen LogP contribution in [0.15, 0.2) is 36.4 Å². The van der Waals surface area contributed by atoms with Crippen LogP contribution >= 0.6 is 45.8 Å². The number of carbonyl (C=O) groups excluding carboxylic acids is 1. The number of hydrogen-bond acceptors (Lipinski definition) is 1. The Balaban J connectivity index is 2.31. The molecule has 0 spiro atoms. The van der Waals surface area contributed by atoms with Crippen LogP contribution in [0.5, 0.6) is 0 Å². The summed E-state index contributed by atoms with van der Waals surface area (Å²) in [6.45, 7) is 0. The second-order valence-electron chi connectivity index (χ2n) is 3.68. The highest BCUT2D eigenvalue weighted by Gasteiger charge is 2.15. The molecule has 2 aromatic carbocycles. The molecule has 0 atom stereocenters. The number of hydrogen-bond donors (Lipinski definition) is 1. The molecule has 19 heavy (non-hydrogen) atoms. The maximum Gasteiger partial charge on any atom is 0.258 e. The number of carbonyl (C=O) groups is 1. The molecule has 0 aromatic heterocycles. The lowest BCUT2D eigenvalue weighted by Gasteiger charge is -2.09. The van der Waals surface area contributed by atoms with Gasteiger partial charge in [-0.1, -0.05) is 29.3 Å². The normalized spacial score (nSPS) is 10.3. The number of nitrogens with one attached hydrogen (secondary N) is 1. The van der Waals surface area contributed by atoms with E-state index in [1.807, 2.05) is 0 Å². The Kier molecular flexibility index (Phi) is 4.65. The molecule has 1 N–H and O–H groups in total. The molecule has 98 valence electrons. The third-order valence-electron chi connectivity index (χ3n) is 2.37. The third-order valence-corrected chi connectivity index (χ3v) is 3.67. The predicted octanol–water partition coefficient (Wildman–Crippen LogP) is 4.99. The smallest absolute Gasteiger partial charge is 0.258 e. The minimum atomic E-state index is -0.747. The minimum absolute atomic E-state index is 0.0959. The zero-order chi connectivity index (χ0) is 14.0. The molecule has 0 radical (unpaired) electrons. The van der Waals surface area contributed by atoms with Crippen molar-refractivity contribution >= 4 is 57.4 Å². The van der Waals surface area contributed by atoms with E-state index in [0.717, 1.165) is 3.57 Å². The van der Waals surface area contributed by atoms with E-state index in [1.54, 1.807) is 18.2 Å². The molecule has 0 heterocycles. The maximum absolute atomic E-state index is 13.7. The lowest BCUT2D eigenvalue weighted by atomic mass is 10.2. The van der Waals surface area contributed by atoms with Gasteiger partial charge in [-0.3, -0.25) is 4.79 Å². The van der Waals surface area contributed by atoms with Crippen LogP contribution in [0, 0.1) is 9.39 Å². The Morgan fingerprint density at radius 3 is 2.63 bits per heavy atom. The Morgan fingerprint density at radius 2 is 1.89 bits per heavy atom. The van der Waals surface area contributed by atoms with E-state index >= 15 is 0 Å². The van der Waals surface area contributed by atoms with Gasteiger partial charge in [0.1, 0.15) is 0 Å². The van der Waals surface area contributed by atoms with Gasteiger partial charge in [-0.2, -0.15) is 0 Å². The number of amides is 1. The van der Waals surface area contributed by atoms with Crippen molar-refractivity contribution in [2.24, 2.45) is 0 Å². The monoisotopic (exact) mass is 409 g/mol. The van der Waals surface area contributed by atoms with Crippen molar-refractivity contribution in [3.8, 4) is 0 Å². The van der Waals surface area contributed by atoms with Gasteiger partial charge >= 0.3 is 0 Å². The highest BCUT2D eigenvalue weighted by molar-refractivity contribution is 14.1. The zero-order valence-electron chi connectivity index (χ0n) is 9.38. The van der Waals surface area contributed by atoms with Gasteiger partial charge in [-0.15, -0.1) is 0 Å². The van der Waals surface area contributed by atoms with E-state index < -0.39 is 11.7 Å². The van der Waals surface area contributed by atoms with Crippen LogP contribution in [-0.2, 0) is 0 Å². The predicted molar refractivity (Wildman–Crippen MR) is 83.5 cm³/mol. The van der Waals surface area contributed by atoms with Crippen LogP contribution in [0.1, 0.15) is 10.4 Å². The van der Waals surface area contributed by atoms with Crippen molar-refractivity contribution in [2.75, 3.05) is 5.32 Å². The zero-order valence-corrected chi connectivity index (χ0v) is 13.1. The van der Waals surface area contributed by atoms with Gasteiger partial charge in [0.2, 0.25) is 0 Å². The molecule has 1 amide bonds. The van der Waals surface area contributed by atoms with Crippen LogP contribution in [0.25, 0.3) is 0 Å². The molecule has 2 aromatic rings. The van der Waals surface area contributed by atoms with Crippen LogP contribution < -0.4 is 5.32 Å². The van der Waals surface area contributed by atoms with Crippen LogP contribution in [-0.4, -0.2) is 5.91 Å². The average molecular weight is 410 g/mol. The van der Waals surface area contributed by atoms with Gasteiger partial charge in [0.05, 0.1) is 21.3 Å². The molecule has 0 aliphatic heterocycles. The van der Waals surface area contributed by atoms with Gasteiger partial charge in [-0.05, 0) is 52.9 Å². The Bertz CT molecular complexity index is 649. The fourth-order valence-electron chi connectivity index (χ4n) is 1.46. The first-order chi connectivity index (χ1) is 8.99. The standard InChI is InChI=1S/C13H7Cl2FINO/c14-9-5-4-7(17)6-11(9)18-13(19)8-2-1-3-10(15)12(8)16/h1-6H,(H,18,19). The molecule has 0 saturated carbocycles. The molecule has 2 nitrogen and oxygen atoms in total. The fraction of sp³-hybridized carbons (Fsp3) is 0. The quantitative estimate of drug-likeness (QED) is 0.695. The molecular formula is C13H7Cl2FINO. The third kappa shape index (κ3) is 3.38. The average Bonchev–Trinajstić information content (AvgIpc) is 2.37. The molecule has 6 heteroatoms.